The smallest absolute Gasteiger partial charge is 0.337 e. The van der Waals surface area contributed by atoms with Crippen molar-refractivity contribution in [2.24, 2.45) is 0 Å². The molecule has 2 aromatic carbocycles. The standard InChI is InChI=1S/C23H19N3O3S/c1-14-18-13-20(30-22(18)26(24-14)17-6-4-3-5-7-17)21(27)25-11-10-15-12-16(23(28)29-2)8-9-19(15)25/h3-9,12-13H,10-11H2,1-2H3. The summed E-state index contributed by atoms with van der Waals surface area (Å²) in [4.78, 5) is 28.5. The number of anilines is 1. The van der Waals surface area contributed by atoms with Crippen molar-refractivity contribution >= 4 is 39.1 Å². The fourth-order valence-corrected chi connectivity index (χ4v) is 5.02. The second-order valence-corrected chi connectivity index (χ2v) is 8.23. The van der Waals surface area contributed by atoms with Gasteiger partial charge in [-0.25, -0.2) is 9.48 Å². The molecule has 6 nitrogen and oxygen atoms in total. The van der Waals surface area contributed by atoms with Crippen LogP contribution in [0.5, 0.6) is 0 Å². The van der Waals surface area contributed by atoms with Crippen molar-refractivity contribution in [3.63, 3.8) is 0 Å². The Labute approximate surface area is 177 Å². The average molecular weight is 417 g/mol. The minimum atomic E-state index is -0.368. The lowest BCUT2D eigenvalue weighted by Crippen LogP contribution is -2.28. The van der Waals surface area contributed by atoms with Crippen molar-refractivity contribution in [2.75, 3.05) is 18.6 Å². The molecule has 0 atom stereocenters. The van der Waals surface area contributed by atoms with Gasteiger partial charge in [-0.1, -0.05) is 18.2 Å². The summed E-state index contributed by atoms with van der Waals surface area (Å²) in [6, 6.07) is 17.2. The van der Waals surface area contributed by atoms with Gasteiger partial charge in [0.05, 0.1) is 28.9 Å². The number of carbonyl (C=O) groups is 2. The summed E-state index contributed by atoms with van der Waals surface area (Å²) < 4.78 is 6.69. The highest BCUT2D eigenvalue weighted by molar-refractivity contribution is 7.20. The fourth-order valence-electron chi connectivity index (χ4n) is 3.89. The first-order valence-electron chi connectivity index (χ1n) is 9.64. The van der Waals surface area contributed by atoms with Crippen LogP contribution in [-0.4, -0.2) is 35.3 Å². The quantitative estimate of drug-likeness (QED) is 0.464. The molecule has 0 spiro atoms. The number of aromatic nitrogens is 2. The maximum atomic E-state index is 13.3. The van der Waals surface area contributed by atoms with Crippen LogP contribution in [-0.2, 0) is 11.2 Å². The number of carbonyl (C=O) groups excluding carboxylic acids is 2. The number of benzene rings is 2. The third-order valence-electron chi connectivity index (χ3n) is 5.40. The van der Waals surface area contributed by atoms with E-state index in [2.05, 4.69) is 5.10 Å². The lowest BCUT2D eigenvalue weighted by Gasteiger charge is -2.16. The first-order valence-corrected chi connectivity index (χ1v) is 10.5. The fraction of sp³-hybridized carbons (Fsp3) is 0.174. The Morgan fingerprint density at radius 3 is 2.67 bits per heavy atom. The van der Waals surface area contributed by atoms with Crippen molar-refractivity contribution in [3.05, 3.63) is 76.3 Å². The largest absolute Gasteiger partial charge is 0.465 e. The Kier molecular flexibility index (Phi) is 4.40. The van der Waals surface area contributed by atoms with Crippen LogP contribution in [0.25, 0.3) is 15.9 Å². The highest BCUT2D eigenvalue weighted by Crippen LogP contribution is 2.35. The van der Waals surface area contributed by atoms with Crippen LogP contribution in [0.4, 0.5) is 5.69 Å². The molecular weight excluding hydrogens is 398 g/mol. The van der Waals surface area contributed by atoms with Gasteiger partial charge in [-0.3, -0.25) is 4.79 Å². The number of aryl methyl sites for hydroxylation is 1. The molecule has 1 aliphatic heterocycles. The highest BCUT2D eigenvalue weighted by Gasteiger charge is 2.28. The van der Waals surface area contributed by atoms with E-state index in [1.807, 2.05) is 60.1 Å². The van der Waals surface area contributed by atoms with E-state index < -0.39 is 0 Å². The third-order valence-corrected chi connectivity index (χ3v) is 6.50. The number of hydrogen-bond acceptors (Lipinski definition) is 5. The molecule has 1 aliphatic rings. The van der Waals surface area contributed by atoms with Gasteiger partial charge in [-0.15, -0.1) is 11.3 Å². The third kappa shape index (κ3) is 2.90. The first kappa shape index (κ1) is 18.6. The number of thiophene rings is 1. The number of nitrogens with zero attached hydrogens (tertiary/aromatic N) is 3. The van der Waals surface area contributed by atoms with Crippen LogP contribution < -0.4 is 4.90 Å². The number of ether oxygens (including phenoxy) is 1. The van der Waals surface area contributed by atoms with Crippen LogP contribution in [0.1, 0.15) is 31.3 Å². The number of amides is 1. The molecule has 0 radical (unpaired) electrons. The summed E-state index contributed by atoms with van der Waals surface area (Å²) in [5.41, 5.74) is 4.21. The van der Waals surface area contributed by atoms with Gasteiger partial charge in [0, 0.05) is 17.6 Å². The maximum absolute atomic E-state index is 13.3. The van der Waals surface area contributed by atoms with Gasteiger partial charge in [0.15, 0.2) is 0 Å². The topological polar surface area (TPSA) is 64.4 Å². The van der Waals surface area contributed by atoms with Crippen molar-refractivity contribution in [1.29, 1.82) is 0 Å². The molecule has 0 saturated heterocycles. The summed E-state index contributed by atoms with van der Waals surface area (Å²) in [6.07, 6.45) is 0.716. The molecule has 0 bridgehead atoms. The zero-order valence-electron chi connectivity index (χ0n) is 16.6. The summed E-state index contributed by atoms with van der Waals surface area (Å²) in [5, 5.41) is 5.64. The number of para-hydroxylation sites is 1. The minimum Gasteiger partial charge on any atom is -0.465 e. The Hall–Kier alpha value is -3.45. The van der Waals surface area contributed by atoms with Crippen LogP contribution in [0.3, 0.4) is 0 Å². The van der Waals surface area contributed by atoms with Gasteiger partial charge >= 0.3 is 5.97 Å². The summed E-state index contributed by atoms with van der Waals surface area (Å²) in [7, 11) is 1.37. The van der Waals surface area contributed by atoms with E-state index in [1.165, 1.54) is 18.4 Å². The normalized spacial score (nSPS) is 12.9. The molecule has 2 aromatic heterocycles. The molecule has 30 heavy (non-hydrogen) atoms. The van der Waals surface area contributed by atoms with E-state index in [-0.39, 0.29) is 11.9 Å². The van der Waals surface area contributed by atoms with Gasteiger partial charge in [0.2, 0.25) is 0 Å². The van der Waals surface area contributed by atoms with E-state index in [1.54, 1.807) is 11.0 Å². The number of esters is 1. The van der Waals surface area contributed by atoms with Crippen molar-refractivity contribution in [1.82, 2.24) is 9.78 Å². The molecule has 0 unspecified atom stereocenters. The van der Waals surface area contributed by atoms with Gasteiger partial charge < -0.3 is 9.64 Å². The number of methoxy groups -OCH3 is 1. The second kappa shape index (κ2) is 7.11. The minimum absolute atomic E-state index is 0.0280. The Morgan fingerprint density at radius 1 is 1.10 bits per heavy atom. The molecule has 5 rings (SSSR count). The highest BCUT2D eigenvalue weighted by atomic mass is 32.1. The lowest BCUT2D eigenvalue weighted by atomic mass is 10.1. The zero-order valence-corrected chi connectivity index (χ0v) is 17.4. The van der Waals surface area contributed by atoms with Gasteiger partial charge in [-0.2, -0.15) is 5.10 Å². The summed E-state index contributed by atoms with van der Waals surface area (Å²) in [6.45, 7) is 2.55. The average Bonchev–Trinajstić information content (AvgIpc) is 3.47. The van der Waals surface area contributed by atoms with Gasteiger partial charge in [-0.05, 0) is 55.3 Å². The Bertz CT molecular complexity index is 1290. The molecule has 150 valence electrons. The van der Waals surface area contributed by atoms with E-state index in [0.29, 0.717) is 23.4 Å². The number of rotatable bonds is 3. The van der Waals surface area contributed by atoms with Crippen LogP contribution >= 0.6 is 11.3 Å². The Morgan fingerprint density at radius 2 is 1.90 bits per heavy atom. The molecule has 0 saturated carbocycles. The maximum Gasteiger partial charge on any atom is 0.337 e. The van der Waals surface area contributed by atoms with E-state index in [0.717, 1.165) is 32.8 Å². The van der Waals surface area contributed by atoms with Gasteiger partial charge in [0.1, 0.15) is 4.83 Å². The predicted octanol–water partition coefficient (Wildman–Crippen LogP) is 4.38. The molecule has 7 heteroatoms. The van der Waals surface area contributed by atoms with E-state index >= 15 is 0 Å². The lowest BCUT2D eigenvalue weighted by molar-refractivity contribution is 0.0600. The SMILES string of the molecule is COC(=O)c1ccc2c(c1)CCN2C(=O)c1cc2c(C)nn(-c3ccccc3)c2s1. The number of hydrogen-bond donors (Lipinski definition) is 0. The molecule has 0 N–H and O–H groups in total. The molecule has 0 fully saturated rings. The predicted molar refractivity (Wildman–Crippen MR) is 117 cm³/mol. The Balaban J connectivity index is 1.50. The number of fused-ring (bicyclic) bond motifs is 2. The summed E-state index contributed by atoms with van der Waals surface area (Å²) >= 11 is 1.46. The monoisotopic (exact) mass is 417 g/mol. The van der Waals surface area contributed by atoms with Gasteiger partial charge in [0.25, 0.3) is 5.91 Å². The van der Waals surface area contributed by atoms with Crippen molar-refractivity contribution < 1.29 is 14.3 Å². The van der Waals surface area contributed by atoms with Crippen LogP contribution in [0.2, 0.25) is 0 Å². The van der Waals surface area contributed by atoms with Crippen molar-refractivity contribution in [3.8, 4) is 5.69 Å². The molecular formula is C23H19N3O3S. The summed E-state index contributed by atoms with van der Waals surface area (Å²) in [5.74, 6) is -0.396. The van der Waals surface area contributed by atoms with E-state index in [9.17, 15) is 9.59 Å². The van der Waals surface area contributed by atoms with Crippen molar-refractivity contribution in [2.45, 2.75) is 13.3 Å². The molecule has 1 amide bonds. The first-order chi connectivity index (χ1) is 14.6. The van der Waals surface area contributed by atoms with Crippen LogP contribution in [0, 0.1) is 6.92 Å². The zero-order chi connectivity index (χ0) is 20.8. The van der Waals surface area contributed by atoms with E-state index in [4.69, 9.17) is 4.74 Å². The molecule has 4 aromatic rings. The second-order valence-electron chi connectivity index (χ2n) is 7.20. The molecule has 3 heterocycles. The van der Waals surface area contributed by atoms with Crippen LogP contribution in [0.15, 0.2) is 54.6 Å². The molecule has 0 aliphatic carbocycles.